The Morgan fingerprint density at radius 2 is 2.09 bits per heavy atom. The van der Waals surface area contributed by atoms with Crippen LogP contribution in [0.4, 0.5) is 0 Å². The van der Waals surface area contributed by atoms with Gasteiger partial charge >= 0.3 is 0 Å². The van der Waals surface area contributed by atoms with Crippen LogP contribution in [0, 0.1) is 11.3 Å². The molecule has 1 atom stereocenters. The molecule has 1 fully saturated rings. The molecule has 0 unspecified atom stereocenters. The van der Waals surface area contributed by atoms with Crippen LogP contribution in [0.2, 0.25) is 0 Å². The Morgan fingerprint density at radius 3 is 2.82 bits per heavy atom. The fraction of sp³-hybridized carbons (Fsp3) is 0.200. The first kappa shape index (κ1) is 20.7. The van der Waals surface area contributed by atoms with Gasteiger partial charge in [-0.1, -0.05) is 18.2 Å². The summed E-state index contributed by atoms with van der Waals surface area (Å²) in [6.07, 6.45) is 2.57. The van der Waals surface area contributed by atoms with E-state index < -0.39 is 0 Å². The maximum absolute atomic E-state index is 12.6. The van der Waals surface area contributed by atoms with Gasteiger partial charge < -0.3 is 10.5 Å². The first-order valence-electron chi connectivity index (χ1n) is 10.9. The molecule has 1 aliphatic heterocycles. The van der Waals surface area contributed by atoms with Crippen LogP contribution in [0.1, 0.15) is 29.3 Å². The van der Waals surface area contributed by atoms with Crippen molar-refractivity contribution in [3.05, 3.63) is 69.8 Å². The lowest BCUT2D eigenvalue weighted by Crippen LogP contribution is -2.20. The number of hydrogen-bond donors (Lipinski definition) is 2. The van der Waals surface area contributed by atoms with Crippen molar-refractivity contribution < 1.29 is 4.74 Å². The summed E-state index contributed by atoms with van der Waals surface area (Å²) in [6.45, 7) is 0.873. The molecule has 6 rings (SSSR count). The summed E-state index contributed by atoms with van der Waals surface area (Å²) in [4.78, 5) is 13.5. The number of benzene rings is 2. The van der Waals surface area contributed by atoms with Gasteiger partial charge in [0.1, 0.15) is 6.07 Å². The Bertz CT molecular complexity index is 1690. The highest BCUT2D eigenvalue weighted by atomic mass is 32.1. The van der Waals surface area contributed by atoms with Crippen LogP contribution < -0.4 is 11.3 Å². The number of rotatable bonds is 4. The molecule has 0 spiro atoms. The summed E-state index contributed by atoms with van der Waals surface area (Å²) in [5.41, 5.74) is 10.5. The van der Waals surface area contributed by atoms with Gasteiger partial charge in [-0.25, -0.2) is 5.10 Å². The molecule has 4 heterocycles. The molecule has 0 amide bonds. The summed E-state index contributed by atoms with van der Waals surface area (Å²) >= 11 is 1.58. The van der Waals surface area contributed by atoms with E-state index in [4.69, 9.17) is 10.5 Å². The van der Waals surface area contributed by atoms with Crippen LogP contribution in [0.3, 0.4) is 0 Å². The molecule has 34 heavy (non-hydrogen) atoms. The quantitative estimate of drug-likeness (QED) is 0.411. The lowest BCUT2D eigenvalue weighted by atomic mass is 9.90. The molecular weight excluding hydrogens is 448 g/mol. The van der Waals surface area contributed by atoms with Crippen molar-refractivity contribution in [3.63, 3.8) is 0 Å². The SMILES string of the molecule is Cn1ncc(-c2cc3c(CN)n[nH]c(=O)c3cc2[C@@H]2CCO2)c1-c1sc2ccccc2c1C#N. The molecular formula is C25H20N6O2S. The van der Waals surface area contributed by atoms with Crippen LogP contribution in [-0.2, 0) is 18.3 Å². The minimum atomic E-state index is -0.262. The molecule has 5 aromatic rings. The van der Waals surface area contributed by atoms with Crippen LogP contribution in [0.5, 0.6) is 0 Å². The second kappa shape index (κ2) is 7.88. The number of nitriles is 1. The van der Waals surface area contributed by atoms with Crippen molar-refractivity contribution in [2.24, 2.45) is 12.8 Å². The van der Waals surface area contributed by atoms with E-state index in [-0.39, 0.29) is 18.2 Å². The fourth-order valence-electron chi connectivity index (χ4n) is 4.65. The number of H-pyrrole nitrogens is 1. The number of nitrogens with zero attached hydrogens (tertiary/aromatic N) is 4. The normalized spacial score (nSPS) is 15.5. The topological polar surface area (TPSA) is 123 Å². The van der Waals surface area contributed by atoms with Crippen LogP contribution in [-0.4, -0.2) is 26.6 Å². The Balaban J connectivity index is 1.68. The van der Waals surface area contributed by atoms with E-state index in [1.165, 1.54) is 0 Å². The van der Waals surface area contributed by atoms with E-state index in [1.807, 2.05) is 49.6 Å². The minimum absolute atomic E-state index is 0.112. The second-order valence-corrected chi connectivity index (χ2v) is 9.33. The molecule has 3 N–H and O–H groups in total. The number of aryl methyl sites for hydroxylation is 1. The standard InChI is InChI=1S/C25H20N6O2S/c1-31-23(24-18(10-26)13-4-2-3-5-22(13)34-24)19(12-28-31)14-8-15-17(9-16(14)21-6-7-33-21)25(32)30-29-20(15)11-27/h2-5,8-9,12,21H,6-7,11,27H2,1H3,(H,30,32)/t21-/m0/s1. The lowest BCUT2D eigenvalue weighted by Gasteiger charge is -2.29. The number of aromatic nitrogens is 4. The lowest BCUT2D eigenvalue weighted by molar-refractivity contribution is -0.0522. The predicted octanol–water partition coefficient (Wildman–Crippen LogP) is 4.00. The molecule has 8 nitrogen and oxygen atoms in total. The number of nitrogens with two attached hydrogens (primary N) is 1. The van der Waals surface area contributed by atoms with Gasteiger partial charge in [0.2, 0.25) is 0 Å². The van der Waals surface area contributed by atoms with Crippen molar-refractivity contribution in [1.82, 2.24) is 20.0 Å². The first-order valence-corrected chi connectivity index (χ1v) is 11.7. The zero-order valence-electron chi connectivity index (χ0n) is 18.3. The molecule has 1 saturated heterocycles. The van der Waals surface area contributed by atoms with E-state index in [2.05, 4.69) is 21.4 Å². The largest absolute Gasteiger partial charge is 0.373 e. The van der Waals surface area contributed by atoms with Crippen LogP contribution in [0.25, 0.3) is 42.6 Å². The van der Waals surface area contributed by atoms with E-state index >= 15 is 0 Å². The van der Waals surface area contributed by atoms with Crippen molar-refractivity contribution in [3.8, 4) is 27.8 Å². The molecule has 0 aliphatic carbocycles. The van der Waals surface area contributed by atoms with Gasteiger partial charge in [-0.05, 0) is 29.3 Å². The van der Waals surface area contributed by atoms with Gasteiger partial charge in [-0.3, -0.25) is 9.48 Å². The summed E-state index contributed by atoms with van der Waals surface area (Å²) in [7, 11) is 1.88. The monoisotopic (exact) mass is 468 g/mol. The highest BCUT2D eigenvalue weighted by Crippen LogP contribution is 2.45. The van der Waals surface area contributed by atoms with E-state index in [9.17, 15) is 10.1 Å². The molecule has 9 heteroatoms. The first-order chi connectivity index (χ1) is 16.6. The molecule has 168 valence electrons. The Labute approximate surface area is 198 Å². The zero-order chi connectivity index (χ0) is 23.4. The van der Waals surface area contributed by atoms with E-state index in [0.717, 1.165) is 43.8 Å². The van der Waals surface area contributed by atoms with Crippen molar-refractivity contribution in [1.29, 1.82) is 5.26 Å². The average Bonchev–Trinajstić information content (AvgIpc) is 3.37. The number of ether oxygens (including phenoxy) is 1. The second-order valence-electron chi connectivity index (χ2n) is 8.28. The summed E-state index contributed by atoms with van der Waals surface area (Å²) in [6, 6.07) is 14.2. The zero-order valence-corrected chi connectivity index (χ0v) is 19.1. The Kier molecular flexibility index (Phi) is 4.81. The van der Waals surface area contributed by atoms with Gasteiger partial charge in [0, 0.05) is 41.0 Å². The van der Waals surface area contributed by atoms with Crippen molar-refractivity contribution >= 4 is 32.2 Å². The molecule has 1 aliphatic rings. The minimum Gasteiger partial charge on any atom is -0.373 e. The maximum atomic E-state index is 12.6. The summed E-state index contributed by atoms with van der Waals surface area (Å²) in [5, 5.41) is 23.5. The average molecular weight is 469 g/mol. The van der Waals surface area contributed by atoms with E-state index in [0.29, 0.717) is 28.6 Å². The summed E-state index contributed by atoms with van der Waals surface area (Å²) < 4.78 is 8.69. The fourth-order valence-corrected chi connectivity index (χ4v) is 5.89. The van der Waals surface area contributed by atoms with E-state index in [1.54, 1.807) is 16.0 Å². The molecule has 0 bridgehead atoms. The third-order valence-electron chi connectivity index (χ3n) is 6.43. The number of nitrogens with one attached hydrogen (secondary N) is 1. The smallest absolute Gasteiger partial charge is 0.272 e. The van der Waals surface area contributed by atoms with Gasteiger partial charge in [-0.2, -0.15) is 15.5 Å². The van der Waals surface area contributed by atoms with Crippen molar-refractivity contribution in [2.45, 2.75) is 19.1 Å². The summed E-state index contributed by atoms with van der Waals surface area (Å²) in [5.74, 6) is 0. The molecule has 2 aromatic carbocycles. The van der Waals surface area contributed by atoms with Crippen LogP contribution >= 0.6 is 11.3 Å². The Morgan fingerprint density at radius 1 is 1.26 bits per heavy atom. The maximum Gasteiger partial charge on any atom is 0.272 e. The van der Waals surface area contributed by atoms with Gasteiger partial charge in [0.05, 0.1) is 46.1 Å². The highest BCUT2D eigenvalue weighted by molar-refractivity contribution is 7.22. The number of aromatic amines is 1. The number of fused-ring (bicyclic) bond motifs is 2. The molecule has 0 radical (unpaired) electrons. The van der Waals surface area contributed by atoms with Gasteiger partial charge in [0.25, 0.3) is 5.56 Å². The highest BCUT2D eigenvalue weighted by Gasteiger charge is 2.28. The number of hydrogen-bond acceptors (Lipinski definition) is 7. The van der Waals surface area contributed by atoms with Gasteiger partial charge in [-0.15, -0.1) is 11.3 Å². The third kappa shape index (κ3) is 3.00. The Hall–Kier alpha value is -3.84. The number of thiophene rings is 1. The van der Waals surface area contributed by atoms with Crippen molar-refractivity contribution in [2.75, 3.05) is 6.61 Å². The predicted molar refractivity (Wildman–Crippen MR) is 131 cm³/mol. The molecule has 3 aromatic heterocycles. The third-order valence-corrected chi connectivity index (χ3v) is 7.61. The van der Waals surface area contributed by atoms with Crippen LogP contribution in [0.15, 0.2) is 47.4 Å². The molecule has 0 saturated carbocycles. The van der Waals surface area contributed by atoms with Gasteiger partial charge in [0.15, 0.2) is 0 Å².